The second kappa shape index (κ2) is 6.01. The van der Waals surface area contributed by atoms with Crippen molar-refractivity contribution in [2.45, 2.75) is 10.3 Å². The van der Waals surface area contributed by atoms with E-state index in [2.05, 4.69) is 20.4 Å². The fraction of sp³-hybridized carbons (Fsp3) is 0.444. The quantitative estimate of drug-likeness (QED) is 0.710. The summed E-state index contributed by atoms with van der Waals surface area (Å²) < 4.78 is 3.57. The summed E-state index contributed by atoms with van der Waals surface area (Å²) in [5.74, 6) is 0.908. The molecule has 0 bridgehead atoms. The van der Waals surface area contributed by atoms with Gasteiger partial charge in [0.2, 0.25) is 0 Å². The summed E-state index contributed by atoms with van der Waals surface area (Å²) in [5, 5.41) is 16.8. The lowest BCUT2D eigenvalue weighted by molar-refractivity contribution is -0.114. The predicted molar refractivity (Wildman–Crippen MR) is 68.5 cm³/mol. The highest BCUT2D eigenvalue weighted by atomic mass is 32.2. The molecule has 96 valence electrons. The van der Waals surface area contributed by atoms with Gasteiger partial charge < -0.3 is 9.13 Å². The Hall–Kier alpha value is -1.35. The highest BCUT2D eigenvalue weighted by Gasteiger charge is 2.09. The smallest absolute Gasteiger partial charge is 0.191 e. The predicted octanol–water partition coefficient (Wildman–Crippen LogP) is 0.397. The van der Waals surface area contributed by atoms with E-state index in [4.69, 9.17) is 0 Å². The Morgan fingerprint density at radius 2 is 1.50 bits per heavy atom. The van der Waals surface area contributed by atoms with E-state index >= 15 is 0 Å². The summed E-state index contributed by atoms with van der Waals surface area (Å²) in [6.07, 6.45) is 3.22. The minimum Gasteiger partial charge on any atom is -0.312 e. The molecular weight excluding hydrogens is 272 g/mol. The van der Waals surface area contributed by atoms with Crippen molar-refractivity contribution in [2.75, 3.05) is 11.5 Å². The highest BCUT2D eigenvalue weighted by Crippen LogP contribution is 2.17. The van der Waals surface area contributed by atoms with Gasteiger partial charge in [-0.2, -0.15) is 0 Å². The van der Waals surface area contributed by atoms with Crippen LogP contribution in [0, 0.1) is 0 Å². The Labute approximate surface area is 112 Å². The van der Waals surface area contributed by atoms with Crippen LogP contribution in [0.5, 0.6) is 0 Å². The monoisotopic (exact) mass is 284 g/mol. The number of nitrogens with zero attached hydrogens (tertiary/aromatic N) is 6. The van der Waals surface area contributed by atoms with Gasteiger partial charge in [0, 0.05) is 14.1 Å². The first-order valence-electron chi connectivity index (χ1n) is 5.12. The third kappa shape index (κ3) is 3.33. The normalized spacial score (nSPS) is 10.8. The standard InChI is InChI=1S/C9H12N6OS2/c1-14-5-10-12-8(14)17-3-7(16)4-18-9-13-11-6-15(9)2/h5-6H,3-4H2,1-2H3. The average Bonchev–Trinajstić information content (AvgIpc) is 2.93. The minimum atomic E-state index is 0.135. The van der Waals surface area contributed by atoms with E-state index in [9.17, 15) is 4.79 Å². The lowest BCUT2D eigenvalue weighted by atomic mass is 10.5. The van der Waals surface area contributed by atoms with Gasteiger partial charge in [-0.15, -0.1) is 20.4 Å². The molecule has 0 aliphatic heterocycles. The SMILES string of the molecule is Cn1cnnc1SCC(=O)CSc1nncn1C. The second-order valence-corrected chi connectivity index (χ2v) is 5.45. The van der Waals surface area contributed by atoms with E-state index < -0.39 is 0 Å². The van der Waals surface area contributed by atoms with Crippen molar-refractivity contribution >= 4 is 29.3 Å². The van der Waals surface area contributed by atoms with Crippen LogP contribution in [-0.4, -0.2) is 46.8 Å². The Bertz CT molecular complexity index is 490. The van der Waals surface area contributed by atoms with E-state index in [1.54, 1.807) is 21.8 Å². The molecule has 0 fully saturated rings. The van der Waals surface area contributed by atoms with Crippen molar-refractivity contribution in [3.8, 4) is 0 Å². The number of aromatic nitrogens is 6. The molecule has 9 heteroatoms. The van der Waals surface area contributed by atoms with Gasteiger partial charge in [-0.3, -0.25) is 4.79 Å². The molecule has 0 unspecified atom stereocenters. The summed E-state index contributed by atoms with van der Waals surface area (Å²) in [4.78, 5) is 11.7. The van der Waals surface area contributed by atoms with Crippen molar-refractivity contribution in [3.05, 3.63) is 12.7 Å². The van der Waals surface area contributed by atoms with Crippen molar-refractivity contribution in [3.63, 3.8) is 0 Å². The number of carbonyl (C=O) groups is 1. The van der Waals surface area contributed by atoms with E-state index in [-0.39, 0.29) is 5.78 Å². The molecular formula is C9H12N6OS2. The van der Waals surface area contributed by atoms with Gasteiger partial charge in [-0.05, 0) is 0 Å². The number of rotatable bonds is 6. The van der Waals surface area contributed by atoms with Gasteiger partial charge in [0.1, 0.15) is 12.7 Å². The first-order chi connectivity index (χ1) is 8.66. The Balaban J connectivity index is 1.76. The largest absolute Gasteiger partial charge is 0.312 e. The van der Waals surface area contributed by atoms with Gasteiger partial charge in [-0.1, -0.05) is 23.5 Å². The molecule has 0 spiro atoms. The topological polar surface area (TPSA) is 78.5 Å². The van der Waals surface area contributed by atoms with Crippen molar-refractivity contribution in [1.29, 1.82) is 0 Å². The Kier molecular flexibility index (Phi) is 4.37. The molecule has 18 heavy (non-hydrogen) atoms. The van der Waals surface area contributed by atoms with E-state index in [0.29, 0.717) is 11.5 Å². The molecule has 0 aliphatic rings. The molecule has 2 aromatic heterocycles. The molecule has 7 nitrogen and oxygen atoms in total. The third-order valence-electron chi connectivity index (χ3n) is 2.06. The van der Waals surface area contributed by atoms with Crippen LogP contribution in [0.3, 0.4) is 0 Å². The molecule has 0 amide bonds. The summed E-state index contributed by atoms with van der Waals surface area (Å²) in [6, 6.07) is 0. The second-order valence-electron chi connectivity index (χ2n) is 3.56. The molecule has 0 aliphatic carbocycles. The number of Topliss-reactive ketones (excluding diaryl/α,β-unsaturated/α-hetero) is 1. The third-order valence-corrected chi connectivity index (χ3v) is 4.25. The summed E-state index contributed by atoms with van der Waals surface area (Å²) in [5.41, 5.74) is 0. The fourth-order valence-electron chi connectivity index (χ4n) is 1.14. The van der Waals surface area contributed by atoms with Crippen LogP contribution < -0.4 is 0 Å². The molecule has 2 rings (SSSR count). The van der Waals surface area contributed by atoms with Gasteiger partial charge in [-0.25, -0.2) is 0 Å². The fourth-order valence-corrected chi connectivity index (χ4v) is 2.76. The number of hydrogen-bond acceptors (Lipinski definition) is 7. The van der Waals surface area contributed by atoms with Crippen LogP contribution in [0.4, 0.5) is 0 Å². The lowest BCUT2D eigenvalue weighted by Crippen LogP contribution is -2.06. The summed E-state index contributed by atoms with van der Waals surface area (Å²) >= 11 is 2.77. The van der Waals surface area contributed by atoms with Crippen LogP contribution in [-0.2, 0) is 18.9 Å². The Morgan fingerprint density at radius 3 is 1.83 bits per heavy atom. The van der Waals surface area contributed by atoms with Crippen LogP contribution >= 0.6 is 23.5 Å². The zero-order chi connectivity index (χ0) is 13.0. The van der Waals surface area contributed by atoms with Crippen molar-refractivity contribution in [2.24, 2.45) is 14.1 Å². The number of hydrogen-bond donors (Lipinski definition) is 0. The summed E-state index contributed by atoms with van der Waals surface area (Å²) in [6.45, 7) is 0. The van der Waals surface area contributed by atoms with Crippen LogP contribution in [0.1, 0.15) is 0 Å². The van der Waals surface area contributed by atoms with Gasteiger partial charge >= 0.3 is 0 Å². The molecule has 0 aromatic carbocycles. The maximum Gasteiger partial charge on any atom is 0.191 e. The van der Waals surface area contributed by atoms with Crippen LogP contribution in [0.25, 0.3) is 0 Å². The van der Waals surface area contributed by atoms with E-state index in [0.717, 1.165) is 10.3 Å². The van der Waals surface area contributed by atoms with Gasteiger partial charge in [0.25, 0.3) is 0 Å². The first-order valence-corrected chi connectivity index (χ1v) is 7.09. The molecule has 2 heterocycles. The van der Waals surface area contributed by atoms with Crippen LogP contribution in [0.15, 0.2) is 23.0 Å². The number of thioether (sulfide) groups is 2. The van der Waals surface area contributed by atoms with Gasteiger partial charge in [0.05, 0.1) is 11.5 Å². The molecule has 0 atom stereocenters. The van der Waals surface area contributed by atoms with Gasteiger partial charge in [0.15, 0.2) is 16.1 Å². The number of aryl methyl sites for hydroxylation is 2. The molecule has 0 N–H and O–H groups in total. The van der Waals surface area contributed by atoms with E-state index in [1.807, 2.05) is 14.1 Å². The summed E-state index contributed by atoms with van der Waals surface area (Å²) in [7, 11) is 3.70. The number of ketones is 1. The molecule has 0 saturated heterocycles. The van der Waals surface area contributed by atoms with E-state index in [1.165, 1.54) is 23.5 Å². The van der Waals surface area contributed by atoms with Crippen LogP contribution in [0.2, 0.25) is 0 Å². The number of carbonyl (C=O) groups excluding carboxylic acids is 1. The Morgan fingerprint density at radius 1 is 1.06 bits per heavy atom. The first kappa shape index (κ1) is 13.1. The molecule has 0 saturated carbocycles. The molecule has 0 radical (unpaired) electrons. The lowest BCUT2D eigenvalue weighted by Gasteiger charge is -2.00. The zero-order valence-corrected chi connectivity index (χ0v) is 11.6. The minimum absolute atomic E-state index is 0.135. The zero-order valence-electron chi connectivity index (χ0n) is 9.98. The maximum absolute atomic E-state index is 11.7. The highest BCUT2D eigenvalue weighted by molar-refractivity contribution is 8.01. The molecule has 2 aromatic rings. The maximum atomic E-state index is 11.7. The average molecular weight is 284 g/mol. The van der Waals surface area contributed by atoms with Crippen molar-refractivity contribution in [1.82, 2.24) is 29.5 Å². The van der Waals surface area contributed by atoms with Crippen molar-refractivity contribution < 1.29 is 4.79 Å².